The van der Waals surface area contributed by atoms with E-state index in [0.29, 0.717) is 50.5 Å². The second-order valence-corrected chi connectivity index (χ2v) is 12.4. The fourth-order valence-electron chi connectivity index (χ4n) is 5.91. The second-order valence-electron chi connectivity index (χ2n) is 12.0. The maximum Gasteiger partial charge on any atom is 0.267 e. The Hall–Kier alpha value is -3.20. The smallest absolute Gasteiger partial charge is 0.267 e. The van der Waals surface area contributed by atoms with E-state index in [1.54, 1.807) is 6.20 Å². The van der Waals surface area contributed by atoms with Crippen molar-refractivity contribution in [3.8, 4) is 0 Å². The summed E-state index contributed by atoms with van der Waals surface area (Å²) in [6.45, 7) is 10.4. The number of piperidine rings is 1. The van der Waals surface area contributed by atoms with Gasteiger partial charge in [0.25, 0.3) is 5.56 Å². The number of nitrogens with zero attached hydrogens (tertiary/aromatic N) is 4. The highest BCUT2D eigenvalue weighted by Crippen LogP contribution is 2.35. The number of amides is 2. The number of carbonyl (C=O) groups is 2. The summed E-state index contributed by atoms with van der Waals surface area (Å²) in [6, 6.07) is 3.76. The van der Waals surface area contributed by atoms with Crippen LogP contribution in [-0.4, -0.2) is 61.6 Å². The summed E-state index contributed by atoms with van der Waals surface area (Å²) in [4.78, 5) is 43.3. The van der Waals surface area contributed by atoms with Gasteiger partial charge in [0, 0.05) is 43.5 Å². The summed E-state index contributed by atoms with van der Waals surface area (Å²) >= 11 is 6.55. The van der Waals surface area contributed by atoms with Crippen LogP contribution in [0.2, 0.25) is 5.02 Å². The molecule has 1 atom stereocenters. The highest BCUT2D eigenvalue weighted by molar-refractivity contribution is 6.35. The molecule has 9 nitrogen and oxygen atoms in total. The van der Waals surface area contributed by atoms with Gasteiger partial charge >= 0.3 is 0 Å². The molecule has 0 aliphatic carbocycles. The molecule has 0 unspecified atom stereocenters. The van der Waals surface area contributed by atoms with Crippen LogP contribution in [0.25, 0.3) is 10.9 Å². The highest BCUT2D eigenvalue weighted by atomic mass is 35.5. The first-order chi connectivity index (χ1) is 18.0. The van der Waals surface area contributed by atoms with Crippen molar-refractivity contribution in [2.75, 3.05) is 19.6 Å². The van der Waals surface area contributed by atoms with Gasteiger partial charge in [-0.05, 0) is 60.8 Å². The predicted molar refractivity (Wildman–Crippen MR) is 146 cm³/mol. The van der Waals surface area contributed by atoms with Crippen molar-refractivity contribution in [3.05, 3.63) is 56.1 Å². The number of carbonyl (C=O) groups excluding carboxylic acids is 2. The minimum absolute atomic E-state index is 0.00548. The van der Waals surface area contributed by atoms with Crippen LogP contribution < -0.4 is 5.56 Å². The first-order valence-electron chi connectivity index (χ1n) is 13.3. The van der Waals surface area contributed by atoms with Crippen LogP contribution in [0.15, 0.2) is 23.1 Å². The third-order valence-electron chi connectivity index (χ3n) is 7.70. The molecule has 2 aromatic heterocycles. The molecule has 202 valence electrons. The van der Waals surface area contributed by atoms with Crippen LogP contribution in [0, 0.1) is 18.3 Å². The number of H-pyrrole nitrogens is 2. The number of aromatic nitrogens is 4. The zero-order chi connectivity index (χ0) is 27.2. The Balaban J connectivity index is 1.35. The Kier molecular flexibility index (Phi) is 7.07. The molecule has 4 heterocycles. The second kappa shape index (κ2) is 10.2. The van der Waals surface area contributed by atoms with Crippen molar-refractivity contribution in [2.45, 2.75) is 65.8 Å². The Morgan fingerprint density at radius 2 is 1.89 bits per heavy atom. The summed E-state index contributed by atoms with van der Waals surface area (Å²) in [5.41, 5.74) is 4.07. The number of benzene rings is 1. The molecule has 0 spiro atoms. The zero-order valence-electron chi connectivity index (χ0n) is 22.4. The standard InChI is InChI=1S/C28H35ClN6O3/c1-16-9-20(26(37)33-31-16)17-5-7-34(8-6-17)24(36)12-19-10-18-11-23(29)25-21(13-30-32-25)22(18)14-35(27(19)38)15-28(2,3)4/h9,11,13,17,19H,5-8,10,12,14-15H2,1-4H3,(H,30,32)(H,33,37)/t19-/m0/s1. The van der Waals surface area contributed by atoms with E-state index < -0.39 is 5.92 Å². The van der Waals surface area contributed by atoms with Gasteiger partial charge in [0.1, 0.15) is 0 Å². The molecule has 1 aromatic carbocycles. The number of hydrogen-bond donors (Lipinski definition) is 2. The number of rotatable bonds is 4. The number of likely N-dealkylation sites (tertiary alicyclic amines) is 1. The van der Waals surface area contributed by atoms with E-state index >= 15 is 0 Å². The number of hydrogen-bond acceptors (Lipinski definition) is 5. The molecule has 2 amide bonds. The molecule has 2 aliphatic rings. The normalized spacial score (nSPS) is 19.1. The largest absolute Gasteiger partial charge is 0.343 e. The number of fused-ring (bicyclic) bond motifs is 3. The van der Waals surface area contributed by atoms with E-state index in [4.69, 9.17) is 11.6 Å². The molecule has 0 saturated carbocycles. The number of aromatic amines is 2. The summed E-state index contributed by atoms with van der Waals surface area (Å²) in [5, 5.41) is 15.2. The van der Waals surface area contributed by atoms with Gasteiger partial charge in [0.15, 0.2) is 0 Å². The van der Waals surface area contributed by atoms with E-state index in [0.717, 1.165) is 33.3 Å². The van der Waals surface area contributed by atoms with Crippen molar-refractivity contribution >= 4 is 34.3 Å². The van der Waals surface area contributed by atoms with E-state index in [9.17, 15) is 14.4 Å². The Morgan fingerprint density at radius 3 is 2.61 bits per heavy atom. The highest BCUT2D eigenvalue weighted by Gasteiger charge is 2.36. The fraction of sp³-hybridized carbons (Fsp3) is 0.536. The lowest BCUT2D eigenvalue weighted by molar-refractivity contribution is -0.142. The van der Waals surface area contributed by atoms with Crippen LogP contribution >= 0.6 is 11.6 Å². The average Bonchev–Trinajstić information content (AvgIpc) is 3.32. The molecular formula is C28H35ClN6O3. The lowest BCUT2D eigenvalue weighted by Gasteiger charge is -2.34. The van der Waals surface area contributed by atoms with Gasteiger partial charge in [-0.3, -0.25) is 19.5 Å². The minimum atomic E-state index is -0.463. The molecule has 1 fully saturated rings. The summed E-state index contributed by atoms with van der Waals surface area (Å²) in [6.07, 6.45) is 3.81. The fourth-order valence-corrected chi connectivity index (χ4v) is 6.18. The molecule has 2 N–H and O–H groups in total. The van der Waals surface area contributed by atoms with E-state index in [1.807, 2.05) is 28.9 Å². The van der Waals surface area contributed by atoms with Gasteiger partial charge in [0.2, 0.25) is 11.8 Å². The molecule has 3 aromatic rings. The monoisotopic (exact) mass is 538 g/mol. The first-order valence-corrected chi connectivity index (χ1v) is 13.6. The molecule has 1 saturated heterocycles. The van der Waals surface area contributed by atoms with Crippen molar-refractivity contribution in [2.24, 2.45) is 11.3 Å². The molecule has 0 bridgehead atoms. The summed E-state index contributed by atoms with van der Waals surface area (Å²) < 4.78 is 0. The SMILES string of the molecule is Cc1cc(C2CCN(C(=O)C[C@@H]3Cc4cc(Cl)c5[nH]ncc5c4CN(CC(C)(C)C)C3=O)CC2)c(=O)[nH]n1. The van der Waals surface area contributed by atoms with Crippen LogP contribution in [0.5, 0.6) is 0 Å². The van der Waals surface area contributed by atoms with Crippen molar-refractivity contribution < 1.29 is 9.59 Å². The number of halogens is 1. The Morgan fingerprint density at radius 1 is 1.16 bits per heavy atom. The lowest BCUT2D eigenvalue weighted by atomic mass is 9.89. The quantitative estimate of drug-likeness (QED) is 0.522. The average molecular weight is 539 g/mol. The third kappa shape index (κ3) is 5.34. The van der Waals surface area contributed by atoms with E-state index in [-0.39, 0.29) is 35.1 Å². The molecule has 38 heavy (non-hydrogen) atoms. The predicted octanol–water partition coefficient (Wildman–Crippen LogP) is 3.95. The van der Waals surface area contributed by atoms with Crippen LogP contribution in [0.4, 0.5) is 0 Å². The molecule has 10 heteroatoms. The van der Waals surface area contributed by atoms with E-state index in [2.05, 4.69) is 41.2 Å². The van der Waals surface area contributed by atoms with Gasteiger partial charge in [-0.25, -0.2) is 5.10 Å². The minimum Gasteiger partial charge on any atom is -0.343 e. The molecule has 5 rings (SSSR count). The maximum atomic E-state index is 13.8. The molecule has 2 aliphatic heterocycles. The van der Waals surface area contributed by atoms with Gasteiger partial charge in [0.05, 0.1) is 28.3 Å². The Bertz CT molecular complexity index is 1430. The lowest BCUT2D eigenvalue weighted by Crippen LogP contribution is -2.43. The molecular weight excluding hydrogens is 504 g/mol. The van der Waals surface area contributed by atoms with Gasteiger partial charge in [-0.15, -0.1) is 0 Å². The van der Waals surface area contributed by atoms with E-state index in [1.165, 1.54) is 0 Å². The maximum absolute atomic E-state index is 13.8. The van der Waals surface area contributed by atoms with Gasteiger partial charge in [-0.2, -0.15) is 10.2 Å². The topological polar surface area (TPSA) is 115 Å². The van der Waals surface area contributed by atoms with Crippen LogP contribution in [0.3, 0.4) is 0 Å². The first kappa shape index (κ1) is 26.4. The van der Waals surface area contributed by atoms with Gasteiger partial charge < -0.3 is 9.80 Å². The van der Waals surface area contributed by atoms with Crippen LogP contribution in [0.1, 0.15) is 68.3 Å². The van der Waals surface area contributed by atoms with Crippen molar-refractivity contribution in [1.82, 2.24) is 30.2 Å². The third-order valence-corrected chi connectivity index (χ3v) is 8.00. The van der Waals surface area contributed by atoms with Gasteiger partial charge in [-0.1, -0.05) is 32.4 Å². The molecule has 0 radical (unpaired) electrons. The Labute approximate surface area is 226 Å². The number of aryl methyl sites for hydroxylation is 1. The number of nitrogens with one attached hydrogen (secondary N) is 2. The van der Waals surface area contributed by atoms with Crippen LogP contribution in [-0.2, 0) is 22.6 Å². The summed E-state index contributed by atoms with van der Waals surface area (Å²) in [5.74, 6) is -0.380. The zero-order valence-corrected chi connectivity index (χ0v) is 23.2. The van der Waals surface area contributed by atoms with Crippen molar-refractivity contribution in [3.63, 3.8) is 0 Å². The summed E-state index contributed by atoms with van der Waals surface area (Å²) in [7, 11) is 0. The van der Waals surface area contributed by atoms with Crippen molar-refractivity contribution in [1.29, 1.82) is 0 Å².